The monoisotopic (exact) mass is 276 g/mol. The molecule has 3 rings (SSSR count). The molecule has 0 unspecified atom stereocenters. The van der Waals surface area contributed by atoms with Crippen molar-refractivity contribution in [2.75, 3.05) is 62.4 Å². The van der Waals surface area contributed by atoms with Crippen LogP contribution in [-0.4, -0.2) is 52.6 Å². The van der Waals surface area contributed by atoms with Gasteiger partial charge in [-0.1, -0.05) is 0 Å². The van der Waals surface area contributed by atoms with E-state index in [2.05, 4.69) is 35.8 Å². The van der Waals surface area contributed by atoms with E-state index >= 15 is 0 Å². The lowest BCUT2D eigenvalue weighted by atomic mass is 10.1. The molecule has 2 aliphatic rings. The second kappa shape index (κ2) is 6.02. The molecule has 2 heterocycles. The first kappa shape index (κ1) is 13.7. The summed E-state index contributed by atoms with van der Waals surface area (Å²) < 4.78 is 10.9. The Kier molecular flexibility index (Phi) is 4.13. The van der Waals surface area contributed by atoms with E-state index in [4.69, 9.17) is 9.47 Å². The maximum atomic E-state index is 5.45. The van der Waals surface area contributed by atoms with Crippen LogP contribution in [0.15, 0.2) is 12.1 Å². The van der Waals surface area contributed by atoms with E-state index in [1.165, 1.54) is 22.5 Å². The van der Waals surface area contributed by atoms with Crippen LogP contribution in [0.25, 0.3) is 0 Å². The molecule has 1 aromatic carbocycles. The smallest absolute Gasteiger partial charge is 0.0642 e. The summed E-state index contributed by atoms with van der Waals surface area (Å²) in [5.41, 5.74) is 5.45. The minimum Gasteiger partial charge on any atom is -0.378 e. The maximum absolute atomic E-state index is 5.45. The maximum Gasteiger partial charge on any atom is 0.0642 e. The number of nitrogens with zero attached hydrogens (tertiary/aromatic N) is 2. The minimum atomic E-state index is 0.837. The minimum absolute atomic E-state index is 0.837. The van der Waals surface area contributed by atoms with Crippen LogP contribution in [0.3, 0.4) is 0 Å². The van der Waals surface area contributed by atoms with Gasteiger partial charge in [0.25, 0.3) is 0 Å². The van der Waals surface area contributed by atoms with Crippen molar-refractivity contribution in [3.63, 3.8) is 0 Å². The van der Waals surface area contributed by atoms with Crippen molar-refractivity contribution in [2.24, 2.45) is 0 Å². The van der Waals surface area contributed by atoms with Crippen LogP contribution < -0.4 is 9.80 Å². The first-order valence-electron chi connectivity index (χ1n) is 7.52. The van der Waals surface area contributed by atoms with Crippen molar-refractivity contribution >= 4 is 11.4 Å². The third kappa shape index (κ3) is 2.76. The van der Waals surface area contributed by atoms with E-state index in [-0.39, 0.29) is 0 Å². The molecule has 20 heavy (non-hydrogen) atoms. The summed E-state index contributed by atoms with van der Waals surface area (Å²) in [5.74, 6) is 0. The molecular weight excluding hydrogens is 252 g/mol. The van der Waals surface area contributed by atoms with E-state index in [9.17, 15) is 0 Å². The Hall–Kier alpha value is -1.26. The number of anilines is 2. The summed E-state index contributed by atoms with van der Waals surface area (Å²) in [4.78, 5) is 4.88. The molecular formula is C16H24N2O2. The van der Waals surface area contributed by atoms with Crippen LogP contribution in [0.4, 0.5) is 11.4 Å². The van der Waals surface area contributed by atoms with Gasteiger partial charge in [0.15, 0.2) is 0 Å². The lowest BCUT2D eigenvalue weighted by molar-refractivity contribution is 0.122. The van der Waals surface area contributed by atoms with Gasteiger partial charge in [0.1, 0.15) is 0 Å². The second-order valence-corrected chi connectivity index (χ2v) is 5.62. The molecule has 110 valence electrons. The van der Waals surface area contributed by atoms with Crippen LogP contribution in [-0.2, 0) is 9.47 Å². The molecule has 2 saturated heterocycles. The molecule has 0 aliphatic carbocycles. The largest absolute Gasteiger partial charge is 0.378 e. The van der Waals surface area contributed by atoms with Crippen molar-refractivity contribution in [3.05, 3.63) is 23.3 Å². The first-order valence-corrected chi connectivity index (χ1v) is 7.52. The number of morpholine rings is 2. The van der Waals surface area contributed by atoms with E-state index in [0.717, 1.165) is 52.6 Å². The number of hydrogen-bond acceptors (Lipinski definition) is 4. The van der Waals surface area contributed by atoms with E-state index in [1.54, 1.807) is 0 Å². The summed E-state index contributed by atoms with van der Waals surface area (Å²) in [6.45, 7) is 11.8. The summed E-state index contributed by atoms with van der Waals surface area (Å²) in [6, 6.07) is 4.68. The standard InChI is InChI=1S/C16H24N2O2/c1-13-11-16(18-5-9-20-10-6-18)14(2)12-15(13)17-3-7-19-8-4-17/h11-12H,3-10H2,1-2H3. The van der Waals surface area contributed by atoms with Crippen molar-refractivity contribution < 1.29 is 9.47 Å². The lowest BCUT2D eigenvalue weighted by Crippen LogP contribution is -2.38. The number of benzene rings is 1. The molecule has 0 saturated carbocycles. The summed E-state index contributed by atoms with van der Waals surface area (Å²) in [6.07, 6.45) is 0. The van der Waals surface area contributed by atoms with E-state index in [0.29, 0.717) is 0 Å². The topological polar surface area (TPSA) is 24.9 Å². The SMILES string of the molecule is Cc1cc(N2CCOCC2)c(C)cc1N1CCOCC1. The van der Waals surface area contributed by atoms with Gasteiger partial charge in [0.05, 0.1) is 26.4 Å². The lowest BCUT2D eigenvalue weighted by Gasteiger charge is -2.34. The van der Waals surface area contributed by atoms with Crippen molar-refractivity contribution in [1.29, 1.82) is 0 Å². The number of rotatable bonds is 2. The highest BCUT2D eigenvalue weighted by atomic mass is 16.5. The fraction of sp³-hybridized carbons (Fsp3) is 0.625. The molecule has 0 spiro atoms. The zero-order valence-corrected chi connectivity index (χ0v) is 12.5. The zero-order chi connectivity index (χ0) is 13.9. The van der Waals surface area contributed by atoms with Gasteiger partial charge in [-0.3, -0.25) is 0 Å². The molecule has 4 heteroatoms. The van der Waals surface area contributed by atoms with E-state index in [1.807, 2.05) is 0 Å². The van der Waals surface area contributed by atoms with Crippen LogP contribution >= 0.6 is 0 Å². The van der Waals surface area contributed by atoms with Crippen LogP contribution in [0, 0.1) is 13.8 Å². The fourth-order valence-corrected chi connectivity index (χ4v) is 3.08. The van der Waals surface area contributed by atoms with Crippen LogP contribution in [0.2, 0.25) is 0 Å². The Balaban J connectivity index is 1.85. The third-order valence-electron chi connectivity index (χ3n) is 4.22. The van der Waals surface area contributed by atoms with Gasteiger partial charge in [-0.15, -0.1) is 0 Å². The van der Waals surface area contributed by atoms with Gasteiger partial charge >= 0.3 is 0 Å². The Morgan fingerprint density at radius 1 is 0.700 bits per heavy atom. The Morgan fingerprint density at radius 3 is 1.40 bits per heavy atom. The normalized spacial score (nSPS) is 20.3. The molecule has 0 N–H and O–H groups in total. The van der Waals surface area contributed by atoms with Crippen molar-refractivity contribution in [1.82, 2.24) is 0 Å². The van der Waals surface area contributed by atoms with Gasteiger partial charge in [0, 0.05) is 37.6 Å². The average molecular weight is 276 g/mol. The van der Waals surface area contributed by atoms with E-state index < -0.39 is 0 Å². The summed E-state index contributed by atoms with van der Waals surface area (Å²) >= 11 is 0. The molecule has 0 radical (unpaired) electrons. The van der Waals surface area contributed by atoms with Gasteiger partial charge in [-0.2, -0.15) is 0 Å². The van der Waals surface area contributed by atoms with Crippen LogP contribution in [0.1, 0.15) is 11.1 Å². The highest BCUT2D eigenvalue weighted by Crippen LogP contribution is 2.30. The molecule has 4 nitrogen and oxygen atoms in total. The quantitative estimate of drug-likeness (QED) is 0.824. The average Bonchev–Trinajstić information content (AvgIpc) is 2.51. The van der Waals surface area contributed by atoms with Gasteiger partial charge < -0.3 is 19.3 Å². The highest BCUT2D eigenvalue weighted by Gasteiger charge is 2.18. The summed E-state index contributed by atoms with van der Waals surface area (Å²) in [7, 11) is 0. The number of hydrogen-bond donors (Lipinski definition) is 0. The van der Waals surface area contributed by atoms with Gasteiger partial charge in [0.2, 0.25) is 0 Å². The molecule has 2 aliphatic heterocycles. The predicted molar refractivity (Wildman–Crippen MR) is 82.0 cm³/mol. The highest BCUT2D eigenvalue weighted by molar-refractivity contribution is 5.66. The molecule has 0 atom stereocenters. The second-order valence-electron chi connectivity index (χ2n) is 5.62. The first-order chi connectivity index (χ1) is 9.75. The van der Waals surface area contributed by atoms with Crippen LogP contribution in [0.5, 0.6) is 0 Å². The Labute approximate surface area is 121 Å². The Bertz CT molecular complexity index is 420. The van der Waals surface area contributed by atoms with Crippen molar-refractivity contribution in [3.8, 4) is 0 Å². The third-order valence-corrected chi connectivity index (χ3v) is 4.22. The molecule has 0 aromatic heterocycles. The van der Waals surface area contributed by atoms with Crippen molar-refractivity contribution in [2.45, 2.75) is 13.8 Å². The summed E-state index contributed by atoms with van der Waals surface area (Å²) in [5, 5.41) is 0. The molecule has 0 bridgehead atoms. The molecule has 0 amide bonds. The number of ether oxygens (including phenoxy) is 2. The van der Waals surface area contributed by atoms with Gasteiger partial charge in [-0.05, 0) is 37.1 Å². The predicted octanol–water partition coefficient (Wildman–Crippen LogP) is 1.98. The zero-order valence-electron chi connectivity index (χ0n) is 12.5. The Morgan fingerprint density at radius 2 is 1.05 bits per heavy atom. The van der Waals surface area contributed by atoms with Gasteiger partial charge in [-0.25, -0.2) is 0 Å². The molecule has 1 aromatic rings. The molecule has 2 fully saturated rings. The number of aryl methyl sites for hydroxylation is 2. The fourth-order valence-electron chi connectivity index (χ4n) is 3.08.